The molecule has 2 heterocycles. The van der Waals surface area contributed by atoms with Crippen molar-refractivity contribution in [3.05, 3.63) is 95.5 Å². The Morgan fingerprint density at radius 1 is 1.10 bits per heavy atom. The summed E-state index contributed by atoms with van der Waals surface area (Å²) >= 11 is 0. The smallest absolute Gasteiger partial charge is 0.163 e. The Morgan fingerprint density at radius 3 is 2.56 bits per heavy atom. The number of carbonyl (C=O) groups excluding carboxylic acids is 1. The summed E-state index contributed by atoms with van der Waals surface area (Å²) in [5.41, 5.74) is 2.42. The summed E-state index contributed by atoms with van der Waals surface area (Å²) in [5, 5.41) is 11.9. The predicted octanol–water partition coefficient (Wildman–Crippen LogP) is 5.72. The van der Waals surface area contributed by atoms with Crippen molar-refractivity contribution >= 4 is 5.78 Å². The van der Waals surface area contributed by atoms with Gasteiger partial charge in [-0.05, 0) is 74.1 Å². The molecule has 1 N–H and O–H groups in total. The zero-order chi connectivity index (χ0) is 27.6. The molecule has 0 radical (unpaired) electrons. The lowest BCUT2D eigenvalue weighted by Gasteiger charge is -2.28. The number of halogens is 1. The second kappa shape index (κ2) is 11.0. The van der Waals surface area contributed by atoms with Crippen LogP contribution in [0.25, 0.3) is 11.3 Å². The van der Waals surface area contributed by atoms with Gasteiger partial charge in [-0.15, -0.1) is 0 Å². The van der Waals surface area contributed by atoms with Gasteiger partial charge in [0.15, 0.2) is 5.78 Å². The Kier molecular flexibility index (Phi) is 7.48. The molecule has 2 aromatic heterocycles. The molecule has 4 aromatic rings. The average Bonchev–Trinajstić information content (AvgIpc) is 3.70. The SMILES string of the molecule is COc1cc(C(=O)CCC(O)(c2ccc(OC)c(-c3ccc(F)c(C)c3)n2)C2CC2)ccc1Cn1ccnc1. The maximum absolute atomic E-state index is 13.9. The number of imidazole rings is 1. The fourth-order valence-electron chi connectivity index (χ4n) is 5.03. The average molecular weight is 530 g/mol. The van der Waals surface area contributed by atoms with E-state index in [4.69, 9.17) is 14.5 Å². The zero-order valence-electron chi connectivity index (χ0n) is 22.4. The lowest BCUT2D eigenvalue weighted by Crippen LogP contribution is -2.30. The Hall–Kier alpha value is -4.04. The number of rotatable bonds is 11. The highest BCUT2D eigenvalue weighted by atomic mass is 19.1. The van der Waals surface area contributed by atoms with Crippen molar-refractivity contribution < 1.29 is 23.8 Å². The largest absolute Gasteiger partial charge is 0.496 e. The third-order valence-electron chi connectivity index (χ3n) is 7.46. The molecule has 1 aliphatic rings. The number of methoxy groups -OCH3 is 2. The quantitative estimate of drug-likeness (QED) is 0.250. The van der Waals surface area contributed by atoms with Gasteiger partial charge in [0, 0.05) is 35.5 Å². The van der Waals surface area contributed by atoms with E-state index in [1.54, 1.807) is 70.1 Å². The van der Waals surface area contributed by atoms with Crippen molar-refractivity contribution in [1.29, 1.82) is 0 Å². The van der Waals surface area contributed by atoms with Gasteiger partial charge in [-0.25, -0.2) is 14.4 Å². The fourth-order valence-corrected chi connectivity index (χ4v) is 5.03. The summed E-state index contributed by atoms with van der Waals surface area (Å²) < 4.78 is 26.9. The molecule has 0 saturated heterocycles. The van der Waals surface area contributed by atoms with Crippen LogP contribution in [0.3, 0.4) is 0 Å². The highest BCUT2D eigenvalue weighted by Gasteiger charge is 2.46. The van der Waals surface area contributed by atoms with Crippen LogP contribution in [0.4, 0.5) is 4.39 Å². The van der Waals surface area contributed by atoms with Gasteiger partial charge < -0.3 is 19.1 Å². The molecule has 1 unspecified atom stereocenters. The summed E-state index contributed by atoms with van der Waals surface area (Å²) in [6.45, 7) is 2.28. The summed E-state index contributed by atoms with van der Waals surface area (Å²) in [7, 11) is 3.14. The Balaban J connectivity index is 1.38. The Labute approximate surface area is 227 Å². The van der Waals surface area contributed by atoms with Crippen molar-refractivity contribution in [2.45, 2.75) is 44.8 Å². The van der Waals surface area contributed by atoms with Crippen molar-refractivity contribution in [3.63, 3.8) is 0 Å². The van der Waals surface area contributed by atoms with E-state index in [0.29, 0.717) is 46.1 Å². The summed E-state index contributed by atoms with van der Waals surface area (Å²) in [5.74, 6) is 0.795. The molecule has 1 saturated carbocycles. The number of ether oxygens (including phenoxy) is 2. The first-order valence-electron chi connectivity index (χ1n) is 13.0. The van der Waals surface area contributed by atoms with Gasteiger partial charge in [0.05, 0.1) is 32.8 Å². The number of hydrogen-bond donors (Lipinski definition) is 1. The standard InChI is InChI=1S/C31H32FN3O4/c1-20-16-22(6-9-25(20)32)30-27(38-2)10-11-29(34-30)31(37,24-7-8-24)13-12-26(36)21-4-5-23(28(17-21)39-3)18-35-15-14-33-19-35/h4-6,9-11,14-17,19,24,37H,7-8,12-13,18H2,1-3H3. The Morgan fingerprint density at radius 2 is 1.90 bits per heavy atom. The molecule has 0 spiro atoms. The summed E-state index contributed by atoms with van der Waals surface area (Å²) in [6.07, 6.45) is 7.42. The van der Waals surface area contributed by atoms with E-state index >= 15 is 0 Å². The lowest BCUT2D eigenvalue weighted by atomic mass is 9.86. The minimum Gasteiger partial charge on any atom is -0.496 e. The monoisotopic (exact) mass is 529 g/mol. The molecule has 0 amide bonds. The van der Waals surface area contributed by atoms with Gasteiger partial charge in [-0.3, -0.25) is 4.79 Å². The molecule has 2 aromatic carbocycles. The van der Waals surface area contributed by atoms with Crippen LogP contribution in [0.5, 0.6) is 11.5 Å². The third-order valence-corrected chi connectivity index (χ3v) is 7.46. The molecular formula is C31H32FN3O4. The summed E-state index contributed by atoms with van der Waals surface area (Å²) in [4.78, 5) is 22.1. The molecule has 1 fully saturated rings. The Bertz CT molecular complexity index is 1480. The molecule has 0 aliphatic heterocycles. The summed E-state index contributed by atoms with van der Waals surface area (Å²) in [6, 6.07) is 13.7. The van der Waals surface area contributed by atoms with Crippen LogP contribution in [-0.4, -0.2) is 39.6 Å². The molecule has 202 valence electrons. The number of hydrogen-bond acceptors (Lipinski definition) is 6. The van der Waals surface area contributed by atoms with Crippen LogP contribution in [0, 0.1) is 18.7 Å². The van der Waals surface area contributed by atoms with Crippen molar-refractivity contribution in [1.82, 2.24) is 14.5 Å². The number of benzene rings is 2. The minimum absolute atomic E-state index is 0.0149. The van der Waals surface area contributed by atoms with E-state index in [-0.39, 0.29) is 30.4 Å². The minimum atomic E-state index is -1.27. The second-order valence-electron chi connectivity index (χ2n) is 10.1. The number of Topliss-reactive ketones (excluding diaryl/α,β-unsaturated/α-hetero) is 1. The molecule has 8 heteroatoms. The lowest BCUT2D eigenvalue weighted by molar-refractivity contribution is -0.00110. The first-order valence-corrected chi connectivity index (χ1v) is 13.0. The zero-order valence-corrected chi connectivity index (χ0v) is 22.4. The number of pyridine rings is 1. The van der Waals surface area contributed by atoms with Crippen LogP contribution in [0.2, 0.25) is 0 Å². The van der Waals surface area contributed by atoms with Crippen LogP contribution in [0.1, 0.15) is 52.9 Å². The molecule has 7 nitrogen and oxygen atoms in total. The second-order valence-corrected chi connectivity index (χ2v) is 10.1. The van der Waals surface area contributed by atoms with Gasteiger partial charge in [0.1, 0.15) is 28.6 Å². The van der Waals surface area contributed by atoms with Crippen LogP contribution in [-0.2, 0) is 12.1 Å². The van der Waals surface area contributed by atoms with Crippen LogP contribution < -0.4 is 9.47 Å². The molecule has 39 heavy (non-hydrogen) atoms. The highest BCUT2D eigenvalue weighted by Crippen LogP contribution is 2.49. The van der Waals surface area contributed by atoms with Crippen molar-refractivity contribution in [3.8, 4) is 22.8 Å². The number of ketones is 1. The topological polar surface area (TPSA) is 86.5 Å². The highest BCUT2D eigenvalue weighted by molar-refractivity contribution is 5.96. The van der Waals surface area contributed by atoms with E-state index < -0.39 is 5.60 Å². The maximum atomic E-state index is 13.9. The molecule has 5 rings (SSSR count). The van der Waals surface area contributed by atoms with Gasteiger partial charge in [-0.1, -0.05) is 12.1 Å². The number of carbonyl (C=O) groups is 1. The number of nitrogens with zero attached hydrogens (tertiary/aromatic N) is 3. The van der Waals surface area contributed by atoms with E-state index in [1.165, 1.54) is 6.07 Å². The first-order chi connectivity index (χ1) is 18.8. The number of aliphatic hydroxyl groups is 1. The van der Waals surface area contributed by atoms with E-state index in [2.05, 4.69) is 4.98 Å². The van der Waals surface area contributed by atoms with Crippen molar-refractivity contribution in [2.75, 3.05) is 14.2 Å². The van der Waals surface area contributed by atoms with E-state index in [9.17, 15) is 14.3 Å². The third kappa shape index (κ3) is 5.56. The fraction of sp³-hybridized carbons (Fsp3) is 0.323. The van der Waals surface area contributed by atoms with E-state index in [1.807, 2.05) is 16.8 Å². The van der Waals surface area contributed by atoms with Gasteiger partial charge in [0.25, 0.3) is 0 Å². The molecule has 0 bridgehead atoms. The van der Waals surface area contributed by atoms with Crippen LogP contribution >= 0.6 is 0 Å². The molecule has 1 atom stereocenters. The molecular weight excluding hydrogens is 497 g/mol. The maximum Gasteiger partial charge on any atom is 0.163 e. The molecule has 1 aliphatic carbocycles. The predicted molar refractivity (Wildman–Crippen MR) is 145 cm³/mol. The van der Waals surface area contributed by atoms with Crippen molar-refractivity contribution in [2.24, 2.45) is 5.92 Å². The first kappa shape index (κ1) is 26.6. The van der Waals surface area contributed by atoms with Crippen LogP contribution in [0.15, 0.2) is 67.3 Å². The van der Waals surface area contributed by atoms with E-state index in [0.717, 1.165) is 18.4 Å². The number of aryl methyl sites for hydroxylation is 1. The van der Waals surface area contributed by atoms with Gasteiger partial charge in [-0.2, -0.15) is 0 Å². The normalized spacial score (nSPS) is 14.6. The number of aromatic nitrogens is 3. The van der Waals surface area contributed by atoms with Gasteiger partial charge in [0.2, 0.25) is 0 Å². The van der Waals surface area contributed by atoms with Gasteiger partial charge >= 0.3 is 0 Å².